The van der Waals surface area contributed by atoms with Gasteiger partial charge in [0.05, 0.1) is 0 Å². The number of aryl methyl sites for hydroxylation is 1. The van der Waals surface area contributed by atoms with Crippen LogP contribution in [0, 0.1) is 13.8 Å². The Morgan fingerprint density at radius 2 is 2.13 bits per heavy atom. The fraction of sp³-hybridized carbons (Fsp3) is 0.364. The molecule has 0 saturated carbocycles. The number of anilines is 1. The maximum Gasteiger partial charge on any atom is 0.225 e. The van der Waals surface area contributed by atoms with Crippen LogP contribution in [-0.2, 0) is 4.79 Å². The maximum absolute atomic E-state index is 11.3. The Bertz CT molecular complexity index is 377. The lowest BCUT2D eigenvalue weighted by Gasteiger charge is -2.10. The van der Waals surface area contributed by atoms with Gasteiger partial charge in [-0.1, -0.05) is 6.07 Å². The summed E-state index contributed by atoms with van der Waals surface area (Å²) in [4.78, 5) is 11.3. The maximum atomic E-state index is 11.3. The predicted octanol–water partition coefficient (Wildman–Crippen LogP) is 2.58. The van der Waals surface area contributed by atoms with E-state index in [0.29, 0.717) is 17.1 Å². The molecule has 0 heterocycles. The zero-order chi connectivity index (χ0) is 11.4. The van der Waals surface area contributed by atoms with E-state index in [4.69, 9.17) is 11.6 Å². The lowest BCUT2D eigenvalue weighted by molar-refractivity contribution is -0.115. The summed E-state index contributed by atoms with van der Waals surface area (Å²) < 4.78 is 0. The Kier molecular flexibility index (Phi) is 3.97. The SMILES string of the molecule is Cc1ccc(NC(=O)CCCl)c(C)c1O. The van der Waals surface area contributed by atoms with Gasteiger partial charge in [0.15, 0.2) is 0 Å². The molecule has 1 aromatic carbocycles. The zero-order valence-electron chi connectivity index (χ0n) is 8.80. The Morgan fingerprint density at radius 1 is 1.47 bits per heavy atom. The van der Waals surface area contributed by atoms with Gasteiger partial charge in [0.25, 0.3) is 0 Å². The first-order valence-corrected chi connectivity index (χ1v) is 5.24. The van der Waals surface area contributed by atoms with Crippen molar-refractivity contribution in [3.63, 3.8) is 0 Å². The van der Waals surface area contributed by atoms with Gasteiger partial charge in [-0.25, -0.2) is 0 Å². The molecule has 15 heavy (non-hydrogen) atoms. The summed E-state index contributed by atoms with van der Waals surface area (Å²) in [5.74, 6) is 0.373. The average Bonchev–Trinajstić information content (AvgIpc) is 2.20. The van der Waals surface area contributed by atoms with Crippen molar-refractivity contribution in [3.8, 4) is 5.75 Å². The van der Waals surface area contributed by atoms with E-state index in [1.165, 1.54) is 0 Å². The third-order valence-electron chi connectivity index (χ3n) is 2.23. The van der Waals surface area contributed by atoms with Crippen molar-refractivity contribution in [2.75, 3.05) is 11.2 Å². The van der Waals surface area contributed by atoms with Crippen molar-refractivity contribution < 1.29 is 9.90 Å². The first-order chi connectivity index (χ1) is 7.06. The van der Waals surface area contributed by atoms with Crippen molar-refractivity contribution in [2.45, 2.75) is 20.3 Å². The Labute approximate surface area is 94.1 Å². The van der Waals surface area contributed by atoms with Gasteiger partial charge in [-0.05, 0) is 25.5 Å². The molecule has 0 spiro atoms. The van der Waals surface area contributed by atoms with E-state index < -0.39 is 0 Å². The van der Waals surface area contributed by atoms with Crippen LogP contribution >= 0.6 is 11.6 Å². The normalized spacial score (nSPS) is 10.1. The van der Waals surface area contributed by atoms with E-state index in [2.05, 4.69) is 5.32 Å². The summed E-state index contributed by atoms with van der Waals surface area (Å²) in [6, 6.07) is 3.54. The number of rotatable bonds is 3. The van der Waals surface area contributed by atoms with Crippen LogP contribution in [0.5, 0.6) is 5.75 Å². The number of phenols is 1. The van der Waals surface area contributed by atoms with Gasteiger partial charge in [0.1, 0.15) is 5.75 Å². The van der Waals surface area contributed by atoms with Crippen LogP contribution in [0.3, 0.4) is 0 Å². The highest BCUT2D eigenvalue weighted by Crippen LogP contribution is 2.27. The third kappa shape index (κ3) is 2.86. The molecule has 0 aliphatic carbocycles. The molecular formula is C11H14ClNO2. The van der Waals surface area contributed by atoms with E-state index >= 15 is 0 Å². The predicted molar refractivity (Wildman–Crippen MR) is 61.5 cm³/mol. The lowest BCUT2D eigenvalue weighted by Crippen LogP contribution is -2.12. The van der Waals surface area contributed by atoms with Gasteiger partial charge in [-0.15, -0.1) is 11.6 Å². The van der Waals surface area contributed by atoms with E-state index in [9.17, 15) is 9.90 Å². The summed E-state index contributed by atoms with van der Waals surface area (Å²) in [6.07, 6.45) is 0.273. The van der Waals surface area contributed by atoms with Gasteiger partial charge >= 0.3 is 0 Å². The second-order valence-electron chi connectivity index (χ2n) is 3.39. The fourth-order valence-corrected chi connectivity index (χ4v) is 1.44. The van der Waals surface area contributed by atoms with Crippen LogP contribution < -0.4 is 5.32 Å². The molecule has 1 amide bonds. The van der Waals surface area contributed by atoms with E-state index in [-0.39, 0.29) is 18.1 Å². The van der Waals surface area contributed by atoms with Crippen molar-refractivity contribution in [1.29, 1.82) is 0 Å². The first kappa shape index (κ1) is 11.9. The van der Waals surface area contributed by atoms with Crippen LogP contribution in [0.25, 0.3) is 0 Å². The van der Waals surface area contributed by atoms with Crippen molar-refractivity contribution in [2.24, 2.45) is 0 Å². The summed E-state index contributed by atoms with van der Waals surface area (Å²) in [5.41, 5.74) is 2.11. The number of hydrogen-bond acceptors (Lipinski definition) is 2. The quantitative estimate of drug-likeness (QED) is 0.780. The molecule has 0 saturated heterocycles. The van der Waals surface area contributed by atoms with Crippen molar-refractivity contribution in [3.05, 3.63) is 23.3 Å². The van der Waals surface area contributed by atoms with Crippen molar-refractivity contribution in [1.82, 2.24) is 0 Å². The molecule has 0 atom stereocenters. The van der Waals surface area contributed by atoms with Gasteiger partial charge in [0.2, 0.25) is 5.91 Å². The molecule has 0 aliphatic heterocycles. The minimum absolute atomic E-state index is 0.142. The molecule has 0 aromatic heterocycles. The molecule has 0 fully saturated rings. The second-order valence-corrected chi connectivity index (χ2v) is 3.77. The molecule has 0 unspecified atom stereocenters. The Balaban J connectivity index is 2.87. The number of amides is 1. The number of hydrogen-bond donors (Lipinski definition) is 2. The Morgan fingerprint density at radius 3 is 2.73 bits per heavy atom. The van der Waals surface area contributed by atoms with Gasteiger partial charge < -0.3 is 10.4 Å². The number of nitrogens with one attached hydrogen (secondary N) is 1. The zero-order valence-corrected chi connectivity index (χ0v) is 9.56. The molecule has 3 nitrogen and oxygen atoms in total. The lowest BCUT2D eigenvalue weighted by atomic mass is 10.1. The molecule has 4 heteroatoms. The molecular weight excluding hydrogens is 214 g/mol. The van der Waals surface area contributed by atoms with E-state index in [1.54, 1.807) is 19.1 Å². The van der Waals surface area contributed by atoms with Crippen molar-refractivity contribution >= 4 is 23.2 Å². The number of alkyl halides is 1. The number of aromatic hydroxyl groups is 1. The van der Waals surface area contributed by atoms with Crippen LogP contribution in [0.15, 0.2) is 12.1 Å². The molecule has 82 valence electrons. The van der Waals surface area contributed by atoms with Crippen LogP contribution in [0.4, 0.5) is 5.69 Å². The van der Waals surface area contributed by atoms with Gasteiger partial charge in [-0.3, -0.25) is 4.79 Å². The average molecular weight is 228 g/mol. The fourth-order valence-electron chi connectivity index (χ4n) is 1.27. The van der Waals surface area contributed by atoms with Gasteiger partial charge in [0, 0.05) is 23.6 Å². The smallest absolute Gasteiger partial charge is 0.225 e. The van der Waals surface area contributed by atoms with Gasteiger partial charge in [-0.2, -0.15) is 0 Å². The molecule has 0 radical (unpaired) electrons. The second kappa shape index (κ2) is 5.03. The largest absolute Gasteiger partial charge is 0.507 e. The third-order valence-corrected chi connectivity index (χ3v) is 2.42. The topological polar surface area (TPSA) is 49.3 Å². The Hall–Kier alpha value is -1.22. The summed E-state index contributed by atoms with van der Waals surface area (Å²) in [5, 5.41) is 12.3. The van der Waals surface area contributed by atoms with Crippen LogP contribution in [0.2, 0.25) is 0 Å². The minimum atomic E-state index is -0.142. The highest BCUT2D eigenvalue weighted by atomic mass is 35.5. The molecule has 1 aromatic rings. The summed E-state index contributed by atoms with van der Waals surface area (Å²) in [7, 11) is 0. The molecule has 2 N–H and O–H groups in total. The first-order valence-electron chi connectivity index (χ1n) is 4.71. The summed E-state index contributed by atoms with van der Waals surface area (Å²) in [6.45, 7) is 3.57. The van der Waals surface area contributed by atoms with Crippen LogP contribution in [0.1, 0.15) is 17.5 Å². The number of halogens is 1. The summed E-state index contributed by atoms with van der Waals surface area (Å²) >= 11 is 5.45. The standard InChI is InChI=1S/C11H14ClNO2/c1-7-3-4-9(8(2)11(7)15)13-10(14)5-6-12/h3-4,15H,5-6H2,1-2H3,(H,13,14). The van der Waals surface area contributed by atoms with E-state index in [1.807, 2.05) is 6.92 Å². The number of phenolic OH excluding ortho intramolecular Hbond substituents is 1. The number of benzene rings is 1. The minimum Gasteiger partial charge on any atom is -0.507 e. The van der Waals surface area contributed by atoms with Crippen LogP contribution in [-0.4, -0.2) is 16.9 Å². The monoisotopic (exact) mass is 227 g/mol. The molecule has 1 rings (SSSR count). The molecule has 0 bridgehead atoms. The number of carbonyl (C=O) groups is 1. The molecule has 0 aliphatic rings. The highest BCUT2D eigenvalue weighted by molar-refractivity contribution is 6.19. The van der Waals surface area contributed by atoms with E-state index in [0.717, 1.165) is 5.56 Å². The highest BCUT2D eigenvalue weighted by Gasteiger charge is 2.08. The number of carbonyl (C=O) groups excluding carboxylic acids is 1.